The molecular formula is C13H13NO4. The van der Waals surface area contributed by atoms with Crippen LogP contribution in [-0.2, 0) is 6.42 Å². The van der Waals surface area contributed by atoms with Crippen molar-refractivity contribution in [3.63, 3.8) is 0 Å². The molecule has 1 aromatic heterocycles. The van der Waals surface area contributed by atoms with Gasteiger partial charge in [0.05, 0.1) is 13.3 Å². The zero-order valence-electron chi connectivity index (χ0n) is 10.1. The lowest BCUT2D eigenvalue weighted by molar-refractivity contribution is 0.0697. The van der Waals surface area contributed by atoms with Crippen LogP contribution < -0.4 is 4.74 Å². The van der Waals surface area contributed by atoms with Gasteiger partial charge in [-0.05, 0) is 30.2 Å². The summed E-state index contributed by atoms with van der Waals surface area (Å²) in [5.74, 6) is -0.0161. The Morgan fingerprint density at radius 1 is 1.50 bits per heavy atom. The summed E-state index contributed by atoms with van der Waals surface area (Å²) in [7, 11) is 1.60. The Bertz CT molecular complexity index is 574. The van der Waals surface area contributed by atoms with Crippen LogP contribution >= 0.6 is 0 Å². The Morgan fingerprint density at radius 2 is 2.28 bits per heavy atom. The summed E-state index contributed by atoms with van der Waals surface area (Å²) >= 11 is 0. The minimum atomic E-state index is -1.06. The van der Waals surface area contributed by atoms with Gasteiger partial charge in [-0.1, -0.05) is 12.1 Å². The summed E-state index contributed by atoms with van der Waals surface area (Å²) in [6, 6.07) is 5.40. The number of ether oxygens (including phenoxy) is 1. The van der Waals surface area contributed by atoms with Crippen molar-refractivity contribution < 1.29 is 19.2 Å². The summed E-state index contributed by atoms with van der Waals surface area (Å²) in [5, 5.41) is 12.5. The standard InChI is InChI=1S/C13H13NO4/c1-3-8-6-9(4-5-11(8)17-2)12-10(13(15)16)7-14-18-12/h4-7H,3H2,1-2H3,(H,15,16). The summed E-state index contributed by atoms with van der Waals surface area (Å²) in [6.07, 6.45) is 1.99. The molecule has 0 amide bonds. The fourth-order valence-electron chi connectivity index (χ4n) is 1.80. The van der Waals surface area contributed by atoms with E-state index in [0.717, 1.165) is 17.7 Å². The van der Waals surface area contributed by atoms with Crippen molar-refractivity contribution in [3.05, 3.63) is 35.5 Å². The van der Waals surface area contributed by atoms with Gasteiger partial charge in [0.2, 0.25) is 0 Å². The molecule has 0 aliphatic carbocycles. The molecule has 0 radical (unpaired) electrons. The number of carboxylic acids is 1. The summed E-state index contributed by atoms with van der Waals surface area (Å²) < 4.78 is 10.2. The molecule has 1 aromatic carbocycles. The highest BCUT2D eigenvalue weighted by Gasteiger charge is 2.17. The van der Waals surface area contributed by atoms with E-state index in [1.54, 1.807) is 19.2 Å². The van der Waals surface area contributed by atoms with E-state index in [1.807, 2.05) is 13.0 Å². The van der Waals surface area contributed by atoms with Crippen LogP contribution in [0.15, 0.2) is 28.9 Å². The largest absolute Gasteiger partial charge is 0.496 e. The van der Waals surface area contributed by atoms with Crippen LogP contribution in [0, 0.1) is 0 Å². The summed E-state index contributed by atoms with van der Waals surface area (Å²) in [5.41, 5.74) is 1.73. The number of benzene rings is 1. The van der Waals surface area contributed by atoms with E-state index >= 15 is 0 Å². The second-order valence-corrected chi connectivity index (χ2v) is 3.75. The molecule has 18 heavy (non-hydrogen) atoms. The first-order chi connectivity index (χ1) is 8.67. The molecule has 0 aliphatic heterocycles. The van der Waals surface area contributed by atoms with Crippen molar-refractivity contribution in [1.29, 1.82) is 0 Å². The van der Waals surface area contributed by atoms with Crippen molar-refractivity contribution >= 4 is 5.97 Å². The second kappa shape index (κ2) is 4.91. The number of hydrogen-bond donors (Lipinski definition) is 1. The number of aryl methyl sites for hydroxylation is 1. The van der Waals surface area contributed by atoms with Gasteiger partial charge in [0.15, 0.2) is 5.76 Å². The molecule has 0 atom stereocenters. The van der Waals surface area contributed by atoms with Gasteiger partial charge in [0.25, 0.3) is 0 Å². The number of methoxy groups -OCH3 is 1. The lowest BCUT2D eigenvalue weighted by atomic mass is 10.0. The van der Waals surface area contributed by atoms with Crippen molar-refractivity contribution in [1.82, 2.24) is 5.16 Å². The van der Waals surface area contributed by atoms with E-state index in [2.05, 4.69) is 5.16 Å². The van der Waals surface area contributed by atoms with Crippen molar-refractivity contribution in [2.24, 2.45) is 0 Å². The van der Waals surface area contributed by atoms with E-state index in [-0.39, 0.29) is 11.3 Å². The maximum atomic E-state index is 11.0. The van der Waals surface area contributed by atoms with Crippen LogP contribution in [-0.4, -0.2) is 23.3 Å². The van der Waals surface area contributed by atoms with Gasteiger partial charge in [-0.25, -0.2) is 4.79 Å². The van der Waals surface area contributed by atoms with E-state index < -0.39 is 5.97 Å². The molecule has 5 nitrogen and oxygen atoms in total. The molecular weight excluding hydrogens is 234 g/mol. The van der Waals surface area contributed by atoms with Crippen molar-refractivity contribution in [2.75, 3.05) is 7.11 Å². The molecule has 0 spiro atoms. The quantitative estimate of drug-likeness (QED) is 0.899. The van der Waals surface area contributed by atoms with Gasteiger partial charge >= 0.3 is 5.97 Å². The Hall–Kier alpha value is -2.30. The molecule has 2 aromatic rings. The molecule has 0 aliphatic rings. The molecule has 0 saturated carbocycles. The highest BCUT2D eigenvalue weighted by Crippen LogP contribution is 2.29. The fourth-order valence-corrected chi connectivity index (χ4v) is 1.80. The third-order valence-electron chi connectivity index (χ3n) is 2.72. The van der Waals surface area contributed by atoms with Gasteiger partial charge in [-0.15, -0.1) is 0 Å². The first kappa shape index (κ1) is 12.2. The van der Waals surface area contributed by atoms with E-state index in [0.29, 0.717) is 5.56 Å². The van der Waals surface area contributed by atoms with Crippen LogP contribution in [0.4, 0.5) is 0 Å². The smallest absolute Gasteiger partial charge is 0.341 e. The zero-order valence-corrected chi connectivity index (χ0v) is 10.1. The SMILES string of the molecule is CCc1cc(-c2oncc2C(=O)O)ccc1OC. The Morgan fingerprint density at radius 3 is 2.89 bits per heavy atom. The highest BCUT2D eigenvalue weighted by molar-refractivity contribution is 5.93. The Kier molecular flexibility index (Phi) is 3.32. The van der Waals surface area contributed by atoms with Crippen LogP contribution in [0.1, 0.15) is 22.8 Å². The topological polar surface area (TPSA) is 72.6 Å². The average molecular weight is 247 g/mol. The van der Waals surface area contributed by atoms with Gasteiger partial charge < -0.3 is 14.4 Å². The lowest BCUT2D eigenvalue weighted by Crippen LogP contribution is -1.97. The minimum absolute atomic E-state index is 0.0576. The van der Waals surface area contributed by atoms with Crippen LogP contribution in [0.5, 0.6) is 5.75 Å². The van der Waals surface area contributed by atoms with E-state index in [1.165, 1.54) is 6.20 Å². The summed E-state index contributed by atoms with van der Waals surface area (Å²) in [6.45, 7) is 2.00. The van der Waals surface area contributed by atoms with Gasteiger partial charge in [-0.2, -0.15) is 0 Å². The van der Waals surface area contributed by atoms with Crippen LogP contribution in [0.2, 0.25) is 0 Å². The number of rotatable bonds is 4. The average Bonchev–Trinajstić information content (AvgIpc) is 2.87. The second-order valence-electron chi connectivity index (χ2n) is 3.75. The molecule has 5 heteroatoms. The Balaban J connectivity index is 2.51. The maximum absolute atomic E-state index is 11.0. The first-order valence-electron chi connectivity index (χ1n) is 5.52. The maximum Gasteiger partial charge on any atom is 0.341 e. The minimum Gasteiger partial charge on any atom is -0.496 e. The number of nitrogens with zero attached hydrogens (tertiary/aromatic N) is 1. The fraction of sp³-hybridized carbons (Fsp3) is 0.231. The predicted molar refractivity (Wildman–Crippen MR) is 64.8 cm³/mol. The number of carboxylic acid groups (broad SMARTS) is 1. The van der Waals surface area contributed by atoms with E-state index in [4.69, 9.17) is 14.4 Å². The normalized spacial score (nSPS) is 10.3. The zero-order chi connectivity index (χ0) is 13.1. The molecule has 0 fully saturated rings. The molecule has 2 rings (SSSR count). The predicted octanol–water partition coefficient (Wildman–Crippen LogP) is 2.61. The lowest BCUT2D eigenvalue weighted by Gasteiger charge is -2.08. The summed E-state index contributed by atoms with van der Waals surface area (Å²) in [4.78, 5) is 11.0. The van der Waals surface area contributed by atoms with Gasteiger partial charge in [0.1, 0.15) is 11.3 Å². The van der Waals surface area contributed by atoms with Crippen LogP contribution in [0.3, 0.4) is 0 Å². The third-order valence-corrected chi connectivity index (χ3v) is 2.72. The number of aromatic carboxylic acids is 1. The monoisotopic (exact) mass is 247 g/mol. The number of aromatic nitrogens is 1. The number of hydrogen-bond acceptors (Lipinski definition) is 4. The third kappa shape index (κ3) is 2.07. The van der Waals surface area contributed by atoms with Gasteiger partial charge in [-0.3, -0.25) is 0 Å². The molecule has 1 N–H and O–H groups in total. The van der Waals surface area contributed by atoms with Crippen molar-refractivity contribution in [2.45, 2.75) is 13.3 Å². The molecule has 0 saturated heterocycles. The van der Waals surface area contributed by atoms with E-state index in [9.17, 15) is 4.79 Å². The molecule has 0 bridgehead atoms. The van der Waals surface area contributed by atoms with Crippen molar-refractivity contribution in [3.8, 4) is 17.1 Å². The Labute approximate surface area is 104 Å². The first-order valence-corrected chi connectivity index (χ1v) is 5.52. The molecule has 0 unspecified atom stereocenters. The van der Waals surface area contributed by atoms with Crippen LogP contribution in [0.25, 0.3) is 11.3 Å². The highest BCUT2D eigenvalue weighted by atomic mass is 16.5. The molecule has 94 valence electrons. The number of carbonyl (C=O) groups is 1. The molecule has 1 heterocycles. The van der Waals surface area contributed by atoms with Gasteiger partial charge in [0, 0.05) is 5.56 Å².